The molecular formula is C25H38F2. The van der Waals surface area contributed by atoms with Crippen molar-refractivity contribution in [2.24, 2.45) is 23.7 Å². The van der Waals surface area contributed by atoms with Gasteiger partial charge in [0.15, 0.2) is 11.6 Å². The van der Waals surface area contributed by atoms with E-state index in [0.717, 1.165) is 42.1 Å². The molecule has 0 bridgehead atoms. The highest BCUT2D eigenvalue weighted by Gasteiger charge is 2.30. The van der Waals surface area contributed by atoms with Crippen LogP contribution in [-0.2, 0) is 6.42 Å². The van der Waals surface area contributed by atoms with Gasteiger partial charge in [-0.2, -0.15) is 0 Å². The van der Waals surface area contributed by atoms with Gasteiger partial charge < -0.3 is 0 Å². The summed E-state index contributed by atoms with van der Waals surface area (Å²) in [6.07, 6.45) is 19.0. The lowest BCUT2D eigenvalue weighted by Gasteiger charge is -2.38. The highest BCUT2D eigenvalue weighted by molar-refractivity contribution is 5.17. The third-order valence-corrected chi connectivity index (χ3v) is 7.46. The fraction of sp³-hybridized carbons (Fsp3) is 0.760. The molecule has 0 atom stereocenters. The molecular weight excluding hydrogens is 338 g/mol. The van der Waals surface area contributed by atoms with Crippen LogP contribution in [-0.4, -0.2) is 0 Å². The van der Waals surface area contributed by atoms with E-state index >= 15 is 0 Å². The lowest BCUT2D eigenvalue weighted by molar-refractivity contribution is 0.140. The predicted molar refractivity (Wildman–Crippen MR) is 110 cm³/mol. The Bertz CT molecular complexity index is 551. The highest BCUT2D eigenvalue weighted by atomic mass is 19.2. The third-order valence-electron chi connectivity index (χ3n) is 7.46. The van der Waals surface area contributed by atoms with E-state index in [9.17, 15) is 8.78 Å². The van der Waals surface area contributed by atoms with Crippen LogP contribution in [0.2, 0.25) is 0 Å². The third kappa shape index (κ3) is 6.29. The molecule has 2 aliphatic carbocycles. The summed E-state index contributed by atoms with van der Waals surface area (Å²) in [5, 5.41) is 0. The first-order valence-corrected chi connectivity index (χ1v) is 11.6. The van der Waals surface area contributed by atoms with E-state index in [2.05, 4.69) is 6.92 Å². The zero-order valence-corrected chi connectivity index (χ0v) is 17.2. The molecule has 0 N–H and O–H groups in total. The minimum Gasteiger partial charge on any atom is -0.204 e. The van der Waals surface area contributed by atoms with Crippen LogP contribution in [0.3, 0.4) is 0 Å². The largest absolute Gasteiger partial charge is 0.204 e. The van der Waals surface area contributed by atoms with Crippen LogP contribution < -0.4 is 0 Å². The molecule has 27 heavy (non-hydrogen) atoms. The van der Waals surface area contributed by atoms with E-state index in [0.29, 0.717) is 0 Å². The Morgan fingerprint density at radius 1 is 0.741 bits per heavy atom. The minimum absolute atomic E-state index is 0.713. The average Bonchev–Trinajstić information content (AvgIpc) is 2.69. The van der Waals surface area contributed by atoms with E-state index in [1.807, 2.05) is 0 Å². The van der Waals surface area contributed by atoms with Gasteiger partial charge in [-0.3, -0.25) is 0 Å². The number of hydrogen-bond donors (Lipinski definition) is 0. The zero-order valence-electron chi connectivity index (χ0n) is 17.2. The molecule has 0 unspecified atom stereocenters. The fourth-order valence-electron chi connectivity index (χ4n) is 5.76. The zero-order chi connectivity index (χ0) is 19.1. The first-order chi connectivity index (χ1) is 13.2. The van der Waals surface area contributed by atoms with Crippen LogP contribution in [0.15, 0.2) is 18.2 Å². The number of hydrogen-bond acceptors (Lipinski definition) is 0. The summed E-state index contributed by atoms with van der Waals surface area (Å²) in [6.45, 7) is 2.32. The van der Waals surface area contributed by atoms with Crippen LogP contribution in [0.5, 0.6) is 0 Å². The Balaban J connectivity index is 1.29. The van der Waals surface area contributed by atoms with Gasteiger partial charge in [0.2, 0.25) is 0 Å². The lowest BCUT2D eigenvalue weighted by Crippen LogP contribution is -2.25. The molecule has 0 saturated heterocycles. The summed E-state index contributed by atoms with van der Waals surface area (Å²) in [5.41, 5.74) is 0.927. The number of unbranched alkanes of at least 4 members (excludes halogenated alkanes) is 1. The minimum atomic E-state index is -0.741. The number of aryl methyl sites for hydroxylation is 1. The summed E-state index contributed by atoms with van der Waals surface area (Å²) >= 11 is 0. The second-order valence-corrected chi connectivity index (χ2v) is 9.34. The van der Waals surface area contributed by atoms with E-state index < -0.39 is 11.6 Å². The van der Waals surface area contributed by atoms with Gasteiger partial charge in [-0.1, -0.05) is 64.4 Å². The SMILES string of the molecule is CCC[C@H]1CC[C@H](C2CCC(CCCCc3ccc(F)c(F)c3)CC2)CC1. The molecule has 1 aromatic carbocycles. The maximum Gasteiger partial charge on any atom is 0.159 e. The van der Waals surface area contributed by atoms with Crippen molar-refractivity contribution in [2.45, 2.75) is 96.8 Å². The maximum absolute atomic E-state index is 13.3. The summed E-state index contributed by atoms with van der Waals surface area (Å²) in [4.78, 5) is 0. The molecule has 0 aromatic heterocycles. The van der Waals surface area contributed by atoms with Crippen LogP contribution in [0, 0.1) is 35.3 Å². The van der Waals surface area contributed by atoms with Gasteiger partial charge in [-0.25, -0.2) is 8.78 Å². The summed E-state index contributed by atoms with van der Waals surface area (Å²) in [6, 6.07) is 4.33. The molecule has 2 saturated carbocycles. The molecule has 0 aliphatic heterocycles. The predicted octanol–water partition coefficient (Wildman–Crippen LogP) is 8.09. The van der Waals surface area contributed by atoms with Gasteiger partial charge in [0.25, 0.3) is 0 Å². The van der Waals surface area contributed by atoms with Crippen molar-refractivity contribution in [3.8, 4) is 0 Å². The van der Waals surface area contributed by atoms with Gasteiger partial charge in [0.05, 0.1) is 0 Å². The first-order valence-electron chi connectivity index (χ1n) is 11.6. The van der Waals surface area contributed by atoms with Crippen molar-refractivity contribution >= 4 is 0 Å². The van der Waals surface area contributed by atoms with Crippen molar-refractivity contribution in [2.75, 3.05) is 0 Å². The van der Waals surface area contributed by atoms with Gasteiger partial charge in [-0.05, 0) is 79.9 Å². The number of benzene rings is 1. The van der Waals surface area contributed by atoms with Crippen LogP contribution in [0.1, 0.15) is 96.0 Å². The molecule has 2 fully saturated rings. The Morgan fingerprint density at radius 2 is 1.33 bits per heavy atom. The van der Waals surface area contributed by atoms with Crippen molar-refractivity contribution in [3.05, 3.63) is 35.4 Å². The first kappa shape index (κ1) is 20.8. The van der Waals surface area contributed by atoms with Crippen LogP contribution in [0.4, 0.5) is 8.78 Å². The normalized spacial score (nSPS) is 29.0. The van der Waals surface area contributed by atoms with E-state index in [-0.39, 0.29) is 0 Å². The van der Waals surface area contributed by atoms with E-state index in [1.54, 1.807) is 6.07 Å². The van der Waals surface area contributed by atoms with E-state index in [1.165, 1.54) is 89.2 Å². The van der Waals surface area contributed by atoms with Crippen molar-refractivity contribution in [1.29, 1.82) is 0 Å². The number of rotatable bonds is 8. The standard InChI is InChI=1S/C25H38F2/c1-2-5-19-8-13-22(14-9-19)23-15-10-20(11-16-23)6-3-4-7-21-12-17-24(26)25(27)18-21/h12,17-20,22-23H,2-11,13-16H2,1H3/t19-,20?,22-,23?. The second-order valence-electron chi connectivity index (χ2n) is 9.34. The van der Waals surface area contributed by atoms with Gasteiger partial charge >= 0.3 is 0 Å². The Kier molecular flexibility index (Phi) is 8.15. The lowest BCUT2D eigenvalue weighted by atomic mass is 9.68. The quantitative estimate of drug-likeness (QED) is 0.402. The molecule has 0 radical (unpaired) electrons. The average molecular weight is 377 g/mol. The van der Waals surface area contributed by atoms with Gasteiger partial charge in [0, 0.05) is 0 Å². The monoisotopic (exact) mass is 376 g/mol. The Hall–Kier alpha value is -0.920. The summed E-state index contributed by atoms with van der Waals surface area (Å²) in [5.74, 6) is 2.50. The van der Waals surface area contributed by atoms with Crippen molar-refractivity contribution in [3.63, 3.8) is 0 Å². The van der Waals surface area contributed by atoms with Crippen LogP contribution >= 0.6 is 0 Å². The molecule has 0 heterocycles. The van der Waals surface area contributed by atoms with Gasteiger partial charge in [0.1, 0.15) is 0 Å². The molecule has 0 amide bonds. The fourth-order valence-corrected chi connectivity index (χ4v) is 5.76. The molecule has 2 heteroatoms. The Morgan fingerprint density at radius 3 is 1.89 bits per heavy atom. The van der Waals surface area contributed by atoms with E-state index in [4.69, 9.17) is 0 Å². The second kappa shape index (κ2) is 10.6. The topological polar surface area (TPSA) is 0 Å². The summed E-state index contributed by atoms with van der Waals surface area (Å²) in [7, 11) is 0. The summed E-state index contributed by atoms with van der Waals surface area (Å²) < 4.78 is 26.2. The van der Waals surface area contributed by atoms with Gasteiger partial charge in [-0.15, -0.1) is 0 Å². The molecule has 152 valence electrons. The smallest absolute Gasteiger partial charge is 0.159 e. The number of halogens is 2. The molecule has 1 aromatic rings. The van der Waals surface area contributed by atoms with Crippen LogP contribution in [0.25, 0.3) is 0 Å². The molecule has 0 nitrogen and oxygen atoms in total. The maximum atomic E-state index is 13.3. The van der Waals surface area contributed by atoms with Crippen molar-refractivity contribution < 1.29 is 8.78 Å². The highest BCUT2D eigenvalue weighted by Crippen LogP contribution is 2.43. The molecule has 0 spiro atoms. The molecule has 3 rings (SSSR count). The Labute approximate surface area is 165 Å². The molecule has 2 aliphatic rings. The van der Waals surface area contributed by atoms with Crippen molar-refractivity contribution in [1.82, 2.24) is 0 Å².